The van der Waals surface area contributed by atoms with Gasteiger partial charge in [-0.2, -0.15) is 0 Å². The predicted molar refractivity (Wildman–Crippen MR) is 138 cm³/mol. The minimum absolute atomic E-state index is 0.0877. The van der Waals surface area contributed by atoms with Gasteiger partial charge in [-0.05, 0) is 70.2 Å². The molecule has 188 valence electrons. The zero-order chi connectivity index (χ0) is 25.0. The van der Waals surface area contributed by atoms with Gasteiger partial charge in [0.15, 0.2) is 0 Å². The largest absolute Gasteiger partial charge is 0.513 e. The number of allylic oxidation sites excluding steroid dienone is 3. The molecule has 1 heterocycles. The number of nitrogens with zero attached hydrogens (tertiary/aromatic N) is 1. The van der Waals surface area contributed by atoms with Crippen molar-refractivity contribution in [3.8, 4) is 11.5 Å². The molecule has 0 bridgehead atoms. The summed E-state index contributed by atoms with van der Waals surface area (Å²) in [5.41, 5.74) is 3.83. The lowest BCUT2D eigenvalue weighted by molar-refractivity contribution is 0.0588. The number of carbonyl (C=O) groups is 1. The monoisotopic (exact) mass is 469 g/mol. The highest BCUT2D eigenvalue weighted by molar-refractivity contribution is 5.66. The van der Waals surface area contributed by atoms with E-state index in [0.717, 1.165) is 56.2 Å². The van der Waals surface area contributed by atoms with E-state index >= 15 is 0 Å². The van der Waals surface area contributed by atoms with E-state index in [1.54, 1.807) is 0 Å². The van der Waals surface area contributed by atoms with Crippen molar-refractivity contribution >= 4 is 6.16 Å². The average molecular weight is 470 g/mol. The maximum Gasteiger partial charge on any atom is 0.513 e. The van der Waals surface area contributed by atoms with E-state index in [2.05, 4.69) is 52.3 Å². The smallest absolute Gasteiger partial charge is 0.507 e. The van der Waals surface area contributed by atoms with Gasteiger partial charge in [-0.3, -0.25) is 4.90 Å². The highest BCUT2D eigenvalue weighted by Crippen LogP contribution is 2.47. The van der Waals surface area contributed by atoms with Crippen LogP contribution in [-0.2, 0) is 11.2 Å². The van der Waals surface area contributed by atoms with Gasteiger partial charge in [0.25, 0.3) is 0 Å². The van der Waals surface area contributed by atoms with Crippen LogP contribution in [0.4, 0.5) is 4.79 Å². The number of unbranched alkanes of at least 4 members (excludes halogenated alkanes) is 2. The van der Waals surface area contributed by atoms with Crippen LogP contribution in [0.25, 0.3) is 0 Å². The van der Waals surface area contributed by atoms with Gasteiger partial charge in [0.2, 0.25) is 0 Å². The molecule has 1 N–H and O–H groups in total. The summed E-state index contributed by atoms with van der Waals surface area (Å²) in [7, 11) is 2.07. The van der Waals surface area contributed by atoms with Crippen molar-refractivity contribution in [1.82, 2.24) is 4.90 Å². The Morgan fingerprint density at radius 2 is 2.00 bits per heavy atom. The van der Waals surface area contributed by atoms with Crippen molar-refractivity contribution in [2.45, 2.75) is 85.1 Å². The Kier molecular flexibility index (Phi) is 8.51. The summed E-state index contributed by atoms with van der Waals surface area (Å²) in [6.45, 7) is 16.0. The minimum atomic E-state index is -0.717. The zero-order valence-corrected chi connectivity index (χ0v) is 21.9. The second-order valence-electron chi connectivity index (χ2n) is 11.1. The van der Waals surface area contributed by atoms with E-state index in [-0.39, 0.29) is 29.6 Å². The van der Waals surface area contributed by atoms with E-state index in [9.17, 15) is 9.90 Å². The lowest BCUT2D eigenvalue weighted by atomic mass is 9.73. The fraction of sp³-hybridized carbons (Fsp3) is 0.621. The standard InChI is InChI=1S/C29H43NO4/c1-8-9-10-11-21-15-24(31)27(23-14-20(4)12-13-22(23)19(2)3)25(16-21)34-28(32)33-18-29(5,6)26-17-30(26)7/h14-16,22-23,26,31H,2,8-13,17-18H2,1,3-7H3/t22-,23+,26?,30?/m0/s1. The first kappa shape index (κ1) is 26.3. The summed E-state index contributed by atoms with van der Waals surface area (Å²) in [6, 6.07) is 4.16. The van der Waals surface area contributed by atoms with Gasteiger partial charge < -0.3 is 14.6 Å². The Balaban J connectivity index is 1.88. The first-order valence-electron chi connectivity index (χ1n) is 12.8. The van der Waals surface area contributed by atoms with E-state index in [1.165, 1.54) is 5.57 Å². The van der Waals surface area contributed by atoms with Gasteiger partial charge in [-0.1, -0.05) is 57.4 Å². The number of phenolic OH excluding ortho intramolecular Hbond substituents is 1. The third kappa shape index (κ3) is 6.44. The molecule has 1 aliphatic carbocycles. The maximum absolute atomic E-state index is 12.8. The molecule has 0 spiro atoms. The fourth-order valence-electron chi connectivity index (χ4n) is 5.25. The second kappa shape index (κ2) is 11.0. The predicted octanol–water partition coefficient (Wildman–Crippen LogP) is 7.00. The van der Waals surface area contributed by atoms with Crippen LogP contribution in [0.15, 0.2) is 35.9 Å². The fourth-order valence-corrected chi connectivity index (χ4v) is 5.25. The molecule has 4 atom stereocenters. The van der Waals surface area contributed by atoms with E-state index in [1.807, 2.05) is 19.1 Å². The first-order valence-corrected chi connectivity index (χ1v) is 12.8. The number of carbonyl (C=O) groups excluding carboxylic acids is 1. The number of aromatic hydroxyl groups is 1. The van der Waals surface area contributed by atoms with Gasteiger partial charge in [-0.15, -0.1) is 0 Å². The third-order valence-corrected chi connectivity index (χ3v) is 7.48. The molecule has 5 nitrogen and oxygen atoms in total. The zero-order valence-electron chi connectivity index (χ0n) is 21.9. The summed E-state index contributed by atoms with van der Waals surface area (Å²) in [5.74, 6) is 0.678. The number of aryl methyl sites for hydroxylation is 1. The SMILES string of the molecule is C=C(C)[C@@H]1CCC(C)=C[C@H]1c1c(O)cc(CCCCC)cc1OC(=O)OCC(C)(C)C1CN1C. The van der Waals surface area contributed by atoms with E-state index in [4.69, 9.17) is 9.47 Å². The molecule has 1 aliphatic heterocycles. The van der Waals surface area contributed by atoms with E-state index < -0.39 is 6.16 Å². The number of benzene rings is 1. The van der Waals surface area contributed by atoms with Crippen molar-refractivity contribution < 1.29 is 19.4 Å². The van der Waals surface area contributed by atoms with Crippen molar-refractivity contribution in [3.05, 3.63) is 47.1 Å². The van der Waals surface area contributed by atoms with Gasteiger partial charge in [0.05, 0.1) is 0 Å². The second-order valence-corrected chi connectivity index (χ2v) is 11.1. The molecule has 0 saturated carbocycles. The van der Waals surface area contributed by atoms with Crippen LogP contribution in [0.2, 0.25) is 0 Å². The van der Waals surface area contributed by atoms with Gasteiger partial charge in [-0.25, -0.2) is 4.79 Å². The normalized spacial score (nSPS) is 24.4. The molecule has 0 radical (unpaired) electrons. The van der Waals surface area contributed by atoms with E-state index in [0.29, 0.717) is 17.4 Å². The van der Waals surface area contributed by atoms with Crippen LogP contribution in [0.5, 0.6) is 11.5 Å². The summed E-state index contributed by atoms with van der Waals surface area (Å²) >= 11 is 0. The third-order valence-electron chi connectivity index (χ3n) is 7.48. The summed E-state index contributed by atoms with van der Waals surface area (Å²) in [4.78, 5) is 15.0. The molecule has 1 aromatic rings. The summed E-state index contributed by atoms with van der Waals surface area (Å²) in [6.07, 6.45) is 7.55. The Bertz CT molecular complexity index is 932. The van der Waals surface area contributed by atoms with Crippen molar-refractivity contribution in [1.29, 1.82) is 0 Å². The lowest BCUT2D eigenvalue weighted by Crippen LogP contribution is -2.30. The summed E-state index contributed by atoms with van der Waals surface area (Å²) in [5, 5.41) is 11.2. The highest BCUT2D eigenvalue weighted by Gasteiger charge is 2.44. The van der Waals surface area contributed by atoms with Crippen molar-refractivity contribution in [3.63, 3.8) is 0 Å². The van der Waals surface area contributed by atoms with Crippen LogP contribution in [0, 0.1) is 11.3 Å². The maximum atomic E-state index is 12.8. The molecule has 1 fully saturated rings. The number of rotatable bonds is 10. The Morgan fingerprint density at radius 1 is 1.29 bits per heavy atom. The Morgan fingerprint density at radius 3 is 2.62 bits per heavy atom. The van der Waals surface area contributed by atoms with Crippen LogP contribution in [0.3, 0.4) is 0 Å². The molecule has 0 aromatic heterocycles. The molecule has 0 amide bonds. The van der Waals surface area contributed by atoms with Crippen molar-refractivity contribution in [2.75, 3.05) is 20.2 Å². The number of ether oxygens (including phenoxy) is 2. The van der Waals surface area contributed by atoms with Crippen LogP contribution in [-0.4, -0.2) is 42.4 Å². The molecular formula is C29H43NO4. The van der Waals surface area contributed by atoms with Gasteiger partial charge in [0.1, 0.15) is 18.1 Å². The molecule has 5 heteroatoms. The number of hydrogen-bond donors (Lipinski definition) is 1. The van der Waals surface area contributed by atoms with Gasteiger partial charge >= 0.3 is 6.16 Å². The Hall–Kier alpha value is -2.27. The molecular weight excluding hydrogens is 426 g/mol. The number of phenols is 1. The molecule has 3 rings (SSSR count). The average Bonchev–Trinajstić information content (AvgIpc) is 3.50. The highest BCUT2D eigenvalue weighted by atomic mass is 16.7. The summed E-state index contributed by atoms with van der Waals surface area (Å²) < 4.78 is 11.4. The van der Waals surface area contributed by atoms with Gasteiger partial charge in [0, 0.05) is 29.5 Å². The molecule has 2 aliphatic rings. The van der Waals surface area contributed by atoms with Crippen LogP contribution < -0.4 is 4.74 Å². The Labute approximate surface area is 205 Å². The molecule has 34 heavy (non-hydrogen) atoms. The molecule has 2 unspecified atom stereocenters. The molecule has 1 saturated heterocycles. The van der Waals surface area contributed by atoms with Crippen LogP contribution in [0.1, 0.15) is 83.8 Å². The first-order chi connectivity index (χ1) is 16.0. The number of likely N-dealkylation sites (N-methyl/N-ethyl adjacent to an activating group) is 1. The molecule has 1 aromatic carbocycles. The minimum Gasteiger partial charge on any atom is -0.507 e. The quantitative estimate of drug-likeness (QED) is 0.131. The topological polar surface area (TPSA) is 58.8 Å². The lowest BCUT2D eigenvalue weighted by Gasteiger charge is -2.32. The van der Waals surface area contributed by atoms with Crippen LogP contribution >= 0.6 is 0 Å². The number of hydrogen-bond acceptors (Lipinski definition) is 5. The van der Waals surface area contributed by atoms with Crippen molar-refractivity contribution in [2.24, 2.45) is 11.3 Å².